The molecule has 1 aliphatic heterocycles. The molecule has 24 heavy (non-hydrogen) atoms. The van der Waals surface area contributed by atoms with E-state index >= 15 is 0 Å². The van der Waals surface area contributed by atoms with Crippen molar-refractivity contribution in [2.24, 2.45) is 0 Å². The molecule has 0 aliphatic carbocycles. The fourth-order valence-corrected chi connectivity index (χ4v) is 3.18. The molecule has 3 nitrogen and oxygen atoms in total. The molecule has 0 amide bonds. The SMILES string of the molecule is Nc1cccc(C#CCCN2CCC(O)(c3ccccc3)CC2)c1. The third-order valence-electron chi connectivity index (χ3n) is 4.67. The van der Waals surface area contributed by atoms with Gasteiger partial charge in [-0.05, 0) is 36.6 Å². The van der Waals surface area contributed by atoms with Crippen LogP contribution in [0.3, 0.4) is 0 Å². The van der Waals surface area contributed by atoms with Crippen LogP contribution in [0.5, 0.6) is 0 Å². The predicted molar refractivity (Wildman–Crippen MR) is 98.4 cm³/mol. The van der Waals surface area contributed by atoms with E-state index in [4.69, 9.17) is 5.73 Å². The summed E-state index contributed by atoms with van der Waals surface area (Å²) in [7, 11) is 0. The summed E-state index contributed by atoms with van der Waals surface area (Å²) in [5.74, 6) is 6.38. The van der Waals surface area contributed by atoms with Gasteiger partial charge in [-0.1, -0.05) is 48.2 Å². The Morgan fingerprint density at radius 2 is 1.79 bits per heavy atom. The fraction of sp³-hybridized carbons (Fsp3) is 0.333. The van der Waals surface area contributed by atoms with Gasteiger partial charge in [0.25, 0.3) is 0 Å². The topological polar surface area (TPSA) is 49.5 Å². The molecule has 3 rings (SSSR count). The van der Waals surface area contributed by atoms with E-state index in [0.29, 0.717) is 0 Å². The number of nitrogens with two attached hydrogens (primary N) is 1. The van der Waals surface area contributed by atoms with E-state index < -0.39 is 5.60 Å². The molecule has 0 radical (unpaired) electrons. The average Bonchev–Trinajstić information content (AvgIpc) is 2.61. The Labute approximate surface area is 144 Å². The van der Waals surface area contributed by atoms with Crippen LogP contribution in [0, 0.1) is 11.8 Å². The minimum Gasteiger partial charge on any atom is -0.399 e. The molecule has 1 saturated heterocycles. The summed E-state index contributed by atoms with van der Waals surface area (Å²) >= 11 is 0. The monoisotopic (exact) mass is 320 g/mol. The Kier molecular flexibility index (Phi) is 5.20. The third-order valence-corrected chi connectivity index (χ3v) is 4.67. The molecule has 2 aromatic rings. The number of hydrogen-bond donors (Lipinski definition) is 2. The molecule has 2 aromatic carbocycles. The molecular weight excluding hydrogens is 296 g/mol. The number of benzene rings is 2. The first kappa shape index (κ1) is 16.6. The van der Waals surface area contributed by atoms with Crippen LogP contribution < -0.4 is 5.73 Å². The van der Waals surface area contributed by atoms with Crippen molar-refractivity contribution in [3.63, 3.8) is 0 Å². The van der Waals surface area contributed by atoms with Crippen molar-refractivity contribution in [1.82, 2.24) is 4.90 Å². The number of anilines is 1. The lowest BCUT2D eigenvalue weighted by Crippen LogP contribution is -2.42. The Morgan fingerprint density at radius 3 is 2.50 bits per heavy atom. The van der Waals surface area contributed by atoms with Crippen LogP contribution in [0.4, 0.5) is 5.69 Å². The van der Waals surface area contributed by atoms with Crippen molar-refractivity contribution in [2.45, 2.75) is 24.9 Å². The molecule has 1 heterocycles. The molecule has 0 saturated carbocycles. The molecule has 124 valence electrons. The van der Waals surface area contributed by atoms with Crippen LogP contribution in [0.15, 0.2) is 54.6 Å². The Hall–Kier alpha value is -2.28. The van der Waals surface area contributed by atoms with Gasteiger partial charge in [-0.3, -0.25) is 0 Å². The van der Waals surface area contributed by atoms with Gasteiger partial charge in [-0.2, -0.15) is 0 Å². The van der Waals surface area contributed by atoms with Gasteiger partial charge in [-0.25, -0.2) is 0 Å². The van der Waals surface area contributed by atoms with Crippen LogP contribution in [-0.4, -0.2) is 29.6 Å². The Morgan fingerprint density at radius 1 is 1.04 bits per heavy atom. The number of nitrogens with zero attached hydrogens (tertiary/aromatic N) is 1. The Balaban J connectivity index is 1.48. The van der Waals surface area contributed by atoms with Crippen molar-refractivity contribution in [2.75, 3.05) is 25.4 Å². The van der Waals surface area contributed by atoms with Crippen molar-refractivity contribution >= 4 is 5.69 Å². The molecule has 1 aliphatic rings. The summed E-state index contributed by atoms with van der Waals surface area (Å²) in [5, 5.41) is 10.8. The zero-order valence-electron chi connectivity index (χ0n) is 13.9. The number of nitrogen functional groups attached to an aromatic ring is 1. The van der Waals surface area contributed by atoms with E-state index in [-0.39, 0.29) is 0 Å². The van der Waals surface area contributed by atoms with Crippen LogP contribution >= 0.6 is 0 Å². The molecule has 0 bridgehead atoms. The van der Waals surface area contributed by atoms with Gasteiger partial charge in [-0.15, -0.1) is 0 Å². The maximum absolute atomic E-state index is 10.8. The second-order valence-corrected chi connectivity index (χ2v) is 6.42. The summed E-state index contributed by atoms with van der Waals surface area (Å²) in [6, 6.07) is 17.7. The highest BCUT2D eigenvalue weighted by Gasteiger charge is 2.33. The smallest absolute Gasteiger partial charge is 0.0920 e. The van der Waals surface area contributed by atoms with Gasteiger partial charge in [0, 0.05) is 37.3 Å². The van der Waals surface area contributed by atoms with Gasteiger partial charge in [0.1, 0.15) is 0 Å². The maximum atomic E-state index is 10.8. The van der Waals surface area contributed by atoms with Gasteiger partial charge in [0.15, 0.2) is 0 Å². The summed E-state index contributed by atoms with van der Waals surface area (Å²) < 4.78 is 0. The van der Waals surface area contributed by atoms with Crippen molar-refractivity contribution in [3.8, 4) is 11.8 Å². The number of piperidine rings is 1. The highest BCUT2D eigenvalue weighted by molar-refractivity contribution is 5.46. The van der Waals surface area contributed by atoms with E-state index in [0.717, 1.165) is 55.7 Å². The zero-order chi connectivity index (χ0) is 16.8. The number of rotatable bonds is 3. The molecule has 0 aromatic heterocycles. The fourth-order valence-electron chi connectivity index (χ4n) is 3.18. The van der Waals surface area contributed by atoms with E-state index in [1.807, 2.05) is 54.6 Å². The van der Waals surface area contributed by atoms with Crippen LogP contribution in [-0.2, 0) is 5.60 Å². The quantitative estimate of drug-likeness (QED) is 0.675. The van der Waals surface area contributed by atoms with Gasteiger partial charge < -0.3 is 15.7 Å². The lowest BCUT2D eigenvalue weighted by Gasteiger charge is -2.38. The van der Waals surface area contributed by atoms with E-state index in [2.05, 4.69) is 16.7 Å². The zero-order valence-corrected chi connectivity index (χ0v) is 13.9. The number of likely N-dealkylation sites (tertiary alicyclic amines) is 1. The lowest BCUT2D eigenvalue weighted by molar-refractivity contribution is -0.0253. The van der Waals surface area contributed by atoms with E-state index in [1.165, 1.54) is 0 Å². The van der Waals surface area contributed by atoms with Gasteiger partial charge in [0.2, 0.25) is 0 Å². The molecule has 0 spiro atoms. The first-order valence-electron chi connectivity index (χ1n) is 8.50. The highest BCUT2D eigenvalue weighted by atomic mass is 16.3. The van der Waals surface area contributed by atoms with Crippen LogP contribution in [0.1, 0.15) is 30.4 Å². The van der Waals surface area contributed by atoms with Crippen LogP contribution in [0.25, 0.3) is 0 Å². The molecule has 0 atom stereocenters. The van der Waals surface area contributed by atoms with Crippen LogP contribution in [0.2, 0.25) is 0 Å². The largest absolute Gasteiger partial charge is 0.399 e. The van der Waals surface area contributed by atoms with Crippen molar-refractivity contribution in [1.29, 1.82) is 0 Å². The standard InChI is InChI=1S/C21H24N2O/c22-20-11-6-8-18(17-20)7-4-5-14-23-15-12-21(24,13-16-23)19-9-2-1-3-10-19/h1-3,6,8-11,17,24H,5,12-16,22H2. The summed E-state index contributed by atoms with van der Waals surface area (Å²) in [6.45, 7) is 2.76. The minimum absolute atomic E-state index is 0.676. The third kappa shape index (κ3) is 4.17. The second-order valence-electron chi connectivity index (χ2n) is 6.42. The maximum Gasteiger partial charge on any atom is 0.0920 e. The summed E-state index contributed by atoms with van der Waals surface area (Å²) in [4.78, 5) is 2.38. The first-order chi connectivity index (χ1) is 11.7. The average molecular weight is 320 g/mol. The molecular formula is C21H24N2O. The molecule has 3 heteroatoms. The lowest BCUT2D eigenvalue weighted by atomic mass is 9.84. The summed E-state index contributed by atoms with van der Waals surface area (Å²) in [5.41, 5.74) is 7.82. The van der Waals surface area contributed by atoms with E-state index in [1.54, 1.807) is 0 Å². The number of hydrogen-bond acceptors (Lipinski definition) is 3. The van der Waals surface area contributed by atoms with Crippen molar-refractivity contribution < 1.29 is 5.11 Å². The van der Waals surface area contributed by atoms with E-state index in [9.17, 15) is 5.11 Å². The highest BCUT2D eigenvalue weighted by Crippen LogP contribution is 2.32. The van der Waals surface area contributed by atoms with Gasteiger partial charge in [0.05, 0.1) is 5.60 Å². The Bertz CT molecular complexity index is 722. The normalized spacial score (nSPS) is 17.0. The first-order valence-corrected chi connectivity index (χ1v) is 8.50. The van der Waals surface area contributed by atoms with Gasteiger partial charge >= 0.3 is 0 Å². The summed E-state index contributed by atoms with van der Waals surface area (Å²) in [6.07, 6.45) is 2.39. The second kappa shape index (κ2) is 7.53. The molecule has 3 N–H and O–H groups in total. The predicted octanol–water partition coefficient (Wildman–Crippen LogP) is 2.99. The number of aliphatic hydroxyl groups is 1. The van der Waals surface area contributed by atoms with Crippen molar-refractivity contribution in [3.05, 3.63) is 65.7 Å². The minimum atomic E-state index is -0.676. The molecule has 0 unspecified atom stereocenters. The molecule has 1 fully saturated rings.